The van der Waals surface area contributed by atoms with Crippen LogP contribution in [0, 0.1) is 0 Å². The zero-order valence-corrected chi connectivity index (χ0v) is 21.6. The first-order valence-electron chi connectivity index (χ1n) is 11.2. The molecule has 1 N–H and O–H groups in total. The number of morpholine rings is 1. The molecule has 0 saturated carbocycles. The number of rotatable bonds is 6. The Hall–Kier alpha value is -2.35. The Morgan fingerprint density at radius 1 is 0.829 bits per heavy atom. The minimum Gasteiger partial charge on any atom is -0.379 e. The van der Waals surface area contributed by atoms with Crippen molar-refractivity contribution in [2.24, 2.45) is 0 Å². The highest BCUT2D eigenvalue weighted by Gasteiger charge is 2.27. The van der Waals surface area contributed by atoms with Crippen LogP contribution in [0.4, 0.5) is 5.69 Å². The van der Waals surface area contributed by atoms with E-state index in [1.54, 1.807) is 30.3 Å². The molecule has 2 aliphatic rings. The minimum atomic E-state index is -3.56. The normalized spacial score (nSPS) is 18.6. The minimum absolute atomic E-state index is 0.221. The predicted octanol–water partition coefficient (Wildman–Crippen LogP) is 2.02. The number of anilines is 1. The topological polar surface area (TPSA) is 99.3 Å². The Balaban J connectivity index is 1.31. The van der Waals surface area contributed by atoms with Crippen molar-refractivity contribution < 1.29 is 21.6 Å². The molecule has 9 nitrogen and oxygen atoms in total. The Kier molecular flexibility index (Phi) is 8.19. The van der Waals surface area contributed by atoms with E-state index >= 15 is 0 Å². The molecule has 2 aromatic carbocycles. The van der Waals surface area contributed by atoms with E-state index in [9.17, 15) is 16.8 Å². The molecule has 0 atom stereocenters. The average Bonchev–Trinajstić information content (AvgIpc) is 2.89. The second kappa shape index (κ2) is 11.1. The molecule has 0 amide bonds. The highest BCUT2D eigenvalue weighted by molar-refractivity contribution is 7.92. The smallest absolute Gasteiger partial charge is 0.243 e. The summed E-state index contributed by atoms with van der Waals surface area (Å²) in [5.74, 6) is 0. The first kappa shape index (κ1) is 25.7. The maximum Gasteiger partial charge on any atom is 0.243 e. The lowest BCUT2D eigenvalue weighted by Crippen LogP contribution is -2.51. The second-order valence-corrected chi connectivity index (χ2v) is 12.3. The number of ether oxygens (including phenoxy) is 1. The summed E-state index contributed by atoms with van der Waals surface area (Å²) >= 11 is 5.50. The molecule has 188 valence electrons. The van der Waals surface area contributed by atoms with Crippen molar-refractivity contribution in [1.82, 2.24) is 13.5 Å². The van der Waals surface area contributed by atoms with E-state index in [-0.39, 0.29) is 4.90 Å². The average molecular weight is 537 g/mol. The zero-order valence-electron chi connectivity index (χ0n) is 19.1. The molecule has 2 aliphatic heterocycles. The van der Waals surface area contributed by atoms with E-state index in [0.717, 1.165) is 5.56 Å². The van der Waals surface area contributed by atoms with Gasteiger partial charge >= 0.3 is 0 Å². The number of hydrogen-bond acceptors (Lipinski definition) is 6. The highest BCUT2D eigenvalue weighted by Crippen LogP contribution is 2.20. The summed E-state index contributed by atoms with van der Waals surface area (Å²) in [7, 11) is -7.08. The van der Waals surface area contributed by atoms with Gasteiger partial charge in [0.1, 0.15) is 0 Å². The van der Waals surface area contributed by atoms with E-state index in [0.29, 0.717) is 63.3 Å². The maximum atomic E-state index is 12.8. The molecular formula is C23H28N4O5S3. The lowest BCUT2D eigenvalue weighted by Gasteiger charge is -2.35. The fraction of sp³-hybridized carbons (Fsp3) is 0.348. The third kappa shape index (κ3) is 6.46. The number of piperazine rings is 1. The molecule has 2 fully saturated rings. The number of nitrogens with one attached hydrogen (secondary N) is 1. The number of hydrogen-bond donors (Lipinski definition) is 1. The Bertz CT molecular complexity index is 1250. The van der Waals surface area contributed by atoms with E-state index < -0.39 is 20.0 Å². The lowest BCUT2D eigenvalue weighted by atomic mass is 10.2. The summed E-state index contributed by atoms with van der Waals surface area (Å²) in [6.07, 6.45) is 1.59. The van der Waals surface area contributed by atoms with Crippen LogP contribution in [-0.4, -0.2) is 87.9 Å². The largest absolute Gasteiger partial charge is 0.379 e. The fourth-order valence-corrected chi connectivity index (χ4v) is 6.69. The maximum absolute atomic E-state index is 12.8. The summed E-state index contributed by atoms with van der Waals surface area (Å²) in [6.45, 7) is 3.02. The SMILES string of the molecule is O=S(=O)(C=Cc1ccccc1)N1CCN(C(=S)Nc2ccc(S(=O)(=O)N3CCOCC3)cc2)CC1. The van der Waals surface area contributed by atoms with E-state index in [4.69, 9.17) is 17.0 Å². The number of thiocarbonyl (C=S) groups is 1. The van der Waals surface area contributed by atoms with Gasteiger partial charge in [-0.1, -0.05) is 30.3 Å². The molecule has 12 heteroatoms. The standard InChI is InChI=1S/C23H28N4O5S3/c28-34(29,19-10-20-4-2-1-3-5-20)26-13-11-25(12-14-26)23(33)24-21-6-8-22(9-7-21)35(30,31)27-15-17-32-18-16-27/h1-10,19H,11-18H2,(H,24,33). The van der Waals surface area contributed by atoms with Crippen LogP contribution < -0.4 is 5.32 Å². The van der Waals surface area contributed by atoms with Crippen LogP contribution in [0.15, 0.2) is 64.9 Å². The third-order valence-corrected chi connectivity index (χ3v) is 9.67. The summed E-state index contributed by atoms with van der Waals surface area (Å²) in [5.41, 5.74) is 1.49. The van der Waals surface area contributed by atoms with Gasteiger partial charge in [0, 0.05) is 50.4 Å². The van der Waals surface area contributed by atoms with Crippen molar-refractivity contribution in [3.8, 4) is 0 Å². The summed E-state index contributed by atoms with van der Waals surface area (Å²) in [4.78, 5) is 2.12. The summed E-state index contributed by atoms with van der Waals surface area (Å²) < 4.78 is 59.0. The molecule has 0 bridgehead atoms. The third-order valence-electron chi connectivity index (χ3n) is 5.83. The molecule has 0 unspecified atom stereocenters. The molecule has 0 aromatic heterocycles. The van der Waals surface area contributed by atoms with Gasteiger partial charge in [0.2, 0.25) is 20.0 Å². The van der Waals surface area contributed by atoms with E-state index in [1.807, 2.05) is 35.2 Å². The van der Waals surface area contributed by atoms with Gasteiger partial charge in [-0.25, -0.2) is 16.8 Å². The second-order valence-electron chi connectivity index (χ2n) is 8.12. The van der Waals surface area contributed by atoms with Crippen LogP contribution in [0.2, 0.25) is 0 Å². The van der Waals surface area contributed by atoms with Crippen LogP contribution in [-0.2, 0) is 24.8 Å². The van der Waals surface area contributed by atoms with Crippen molar-refractivity contribution in [1.29, 1.82) is 0 Å². The van der Waals surface area contributed by atoms with Gasteiger partial charge in [-0.15, -0.1) is 0 Å². The number of sulfonamides is 2. The van der Waals surface area contributed by atoms with Crippen molar-refractivity contribution in [2.75, 3.05) is 57.8 Å². The van der Waals surface area contributed by atoms with Gasteiger partial charge in [0.25, 0.3) is 0 Å². The predicted molar refractivity (Wildman–Crippen MR) is 140 cm³/mol. The Labute approximate surface area is 212 Å². The number of nitrogens with zero attached hydrogens (tertiary/aromatic N) is 3. The first-order valence-corrected chi connectivity index (χ1v) is 14.6. The van der Waals surface area contributed by atoms with Crippen LogP contribution >= 0.6 is 12.2 Å². The van der Waals surface area contributed by atoms with Crippen molar-refractivity contribution >= 4 is 49.1 Å². The van der Waals surface area contributed by atoms with E-state index in [1.165, 1.54) is 14.0 Å². The molecule has 35 heavy (non-hydrogen) atoms. The Morgan fingerprint density at radius 3 is 2.09 bits per heavy atom. The van der Waals surface area contributed by atoms with Gasteiger partial charge < -0.3 is 15.0 Å². The quantitative estimate of drug-likeness (QED) is 0.560. The number of benzene rings is 2. The highest BCUT2D eigenvalue weighted by atomic mass is 32.2. The van der Waals surface area contributed by atoms with Crippen molar-refractivity contribution in [3.63, 3.8) is 0 Å². The molecule has 0 spiro atoms. The molecule has 2 saturated heterocycles. The van der Waals surface area contributed by atoms with Crippen LogP contribution in [0.1, 0.15) is 5.56 Å². The van der Waals surface area contributed by atoms with E-state index in [2.05, 4.69) is 5.32 Å². The van der Waals surface area contributed by atoms with Gasteiger partial charge in [-0.05, 0) is 48.1 Å². The molecule has 0 radical (unpaired) electrons. The fourth-order valence-electron chi connectivity index (χ4n) is 3.81. The van der Waals surface area contributed by atoms with Crippen LogP contribution in [0.3, 0.4) is 0 Å². The Morgan fingerprint density at radius 2 is 1.46 bits per heavy atom. The van der Waals surface area contributed by atoms with Crippen molar-refractivity contribution in [2.45, 2.75) is 4.90 Å². The van der Waals surface area contributed by atoms with Gasteiger partial charge in [-0.3, -0.25) is 0 Å². The molecule has 2 aromatic rings. The molecule has 4 rings (SSSR count). The van der Waals surface area contributed by atoms with Crippen molar-refractivity contribution in [3.05, 3.63) is 65.6 Å². The van der Waals surface area contributed by atoms with Gasteiger partial charge in [0.05, 0.1) is 18.1 Å². The summed E-state index contributed by atoms with van der Waals surface area (Å²) in [5, 5.41) is 4.82. The lowest BCUT2D eigenvalue weighted by molar-refractivity contribution is 0.0730. The van der Waals surface area contributed by atoms with Crippen LogP contribution in [0.5, 0.6) is 0 Å². The van der Waals surface area contributed by atoms with Gasteiger partial charge in [0.15, 0.2) is 5.11 Å². The molecular weight excluding hydrogens is 508 g/mol. The molecule has 0 aliphatic carbocycles. The van der Waals surface area contributed by atoms with Gasteiger partial charge in [-0.2, -0.15) is 8.61 Å². The van der Waals surface area contributed by atoms with Crippen LogP contribution in [0.25, 0.3) is 6.08 Å². The summed E-state index contributed by atoms with van der Waals surface area (Å²) in [6, 6.07) is 15.7. The molecule has 2 heterocycles. The monoisotopic (exact) mass is 536 g/mol. The first-order chi connectivity index (χ1) is 16.8. The zero-order chi connectivity index (χ0) is 24.9.